The predicted molar refractivity (Wildman–Crippen MR) is 102 cm³/mol. The molecule has 0 radical (unpaired) electrons. The minimum Gasteiger partial charge on any atom is -0.497 e. The molecular weight excluding hydrogens is 364 g/mol. The van der Waals surface area contributed by atoms with Gasteiger partial charge in [0.2, 0.25) is 11.2 Å². The van der Waals surface area contributed by atoms with Gasteiger partial charge in [0.25, 0.3) is 0 Å². The van der Waals surface area contributed by atoms with Crippen LogP contribution in [0.2, 0.25) is 0 Å². The zero-order valence-electron chi connectivity index (χ0n) is 15.8. The van der Waals surface area contributed by atoms with Crippen molar-refractivity contribution >= 4 is 16.9 Å². The zero-order valence-corrected chi connectivity index (χ0v) is 15.8. The minimum absolute atomic E-state index is 0.0503. The van der Waals surface area contributed by atoms with E-state index in [9.17, 15) is 9.59 Å². The lowest BCUT2D eigenvalue weighted by molar-refractivity contribution is -0.150. The molecule has 0 amide bonds. The second-order valence-electron chi connectivity index (χ2n) is 5.88. The maximum absolute atomic E-state index is 12.7. The number of methoxy groups -OCH3 is 1. The van der Waals surface area contributed by atoms with E-state index in [2.05, 4.69) is 0 Å². The summed E-state index contributed by atoms with van der Waals surface area (Å²) in [5, 5.41) is 0.330. The van der Waals surface area contributed by atoms with Crippen LogP contribution in [0.15, 0.2) is 57.9 Å². The quantitative estimate of drug-likeness (QED) is 0.571. The van der Waals surface area contributed by atoms with Gasteiger partial charge in [0.15, 0.2) is 6.10 Å². The van der Waals surface area contributed by atoms with E-state index in [1.54, 1.807) is 63.4 Å². The fourth-order valence-corrected chi connectivity index (χ4v) is 2.54. The van der Waals surface area contributed by atoms with Crippen molar-refractivity contribution < 1.29 is 28.2 Å². The molecule has 1 unspecified atom stereocenters. The third-order valence-electron chi connectivity index (χ3n) is 3.91. The Morgan fingerprint density at radius 3 is 2.64 bits per heavy atom. The molecule has 28 heavy (non-hydrogen) atoms. The Kier molecular flexibility index (Phi) is 5.84. The first-order chi connectivity index (χ1) is 13.5. The highest BCUT2D eigenvalue weighted by atomic mass is 16.6. The molecule has 0 spiro atoms. The predicted octanol–water partition coefficient (Wildman–Crippen LogP) is 3.92. The zero-order chi connectivity index (χ0) is 20.1. The highest BCUT2D eigenvalue weighted by molar-refractivity contribution is 5.79. The van der Waals surface area contributed by atoms with Crippen LogP contribution in [-0.2, 0) is 9.53 Å². The lowest BCUT2D eigenvalue weighted by Gasteiger charge is -2.13. The molecule has 0 N–H and O–H groups in total. The van der Waals surface area contributed by atoms with Crippen molar-refractivity contribution in [3.63, 3.8) is 0 Å². The van der Waals surface area contributed by atoms with Gasteiger partial charge in [0.05, 0.1) is 19.1 Å². The number of esters is 1. The van der Waals surface area contributed by atoms with Crippen LogP contribution in [0.4, 0.5) is 0 Å². The summed E-state index contributed by atoms with van der Waals surface area (Å²) in [6.45, 7) is 3.58. The van der Waals surface area contributed by atoms with Crippen molar-refractivity contribution in [3.8, 4) is 23.0 Å². The van der Waals surface area contributed by atoms with Gasteiger partial charge in [0.1, 0.15) is 29.1 Å². The fourth-order valence-electron chi connectivity index (χ4n) is 2.54. The van der Waals surface area contributed by atoms with E-state index in [-0.39, 0.29) is 17.8 Å². The van der Waals surface area contributed by atoms with Crippen LogP contribution in [0.5, 0.6) is 23.0 Å². The summed E-state index contributed by atoms with van der Waals surface area (Å²) < 4.78 is 26.8. The number of carbonyl (C=O) groups excluding carboxylic acids is 1. The van der Waals surface area contributed by atoms with Crippen molar-refractivity contribution in [1.82, 2.24) is 0 Å². The van der Waals surface area contributed by atoms with Gasteiger partial charge in [-0.15, -0.1) is 0 Å². The molecule has 7 heteroatoms. The first kappa shape index (κ1) is 19.3. The van der Waals surface area contributed by atoms with Crippen LogP contribution in [0.1, 0.15) is 13.8 Å². The fraction of sp³-hybridized carbons (Fsp3) is 0.238. The number of benzene rings is 2. The number of rotatable bonds is 7. The van der Waals surface area contributed by atoms with Crippen molar-refractivity contribution in [1.29, 1.82) is 0 Å². The Hall–Kier alpha value is -3.48. The molecule has 0 saturated carbocycles. The van der Waals surface area contributed by atoms with Crippen molar-refractivity contribution in [3.05, 3.63) is 59.0 Å². The summed E-state index contributed by atoms with van der Waals surface area (Å²) in [4.78, 5) is 24.4. The molecule has 7 nitrogen and oxygen atoms in total. The number of carbonyl (C=O) groups is 1. The number of fused-ring (bicyclic) bond motifs is 1. The average Bonchev–Trinajstić information content (AvgIpc) is 2.70. The van der Waals surface area contributed by atoms with Gasteiger partial charge in [-0.05, 0) is 38.1 Å². The Morgan fingerprint density at radius 1 is 1.11 bits per heavy atom. The maximum Gasteiger partial charge on any atom is 0.347 e. The van der Waals surface area contributed by atoms with E-state index < -0.39 is 12.1 Å². The maximum atomic E-state index is 12.7. The average molecular weight is 384 g/mol. The lowest BCUT2D eigenvalue weighted by atomic mass is 10.2. The molecule has 1 heterocycles. The van der Waals surface area contributed by atoms with E-state index in [1.165, 1.54) is 6.26 Å². The normalized spacial score (nSPS) is 11.7. The Labute approximate surface area is 161 Å². The first-order valence-electron chi connectivity index (χ1n) is 8.72. The largest absolute Gasteiger partial charge is 0.497 e. The molecule has 0 fully saturated rings. The molecule has 3 rings (SSSR count). The summed E-state index contributed by atoms with van der Waals surface area (Å²) in [7, 11) is 1.55. The Balaban J connectivity index is 1.84. The lowest BCUT2D eigenvalue weighted by Crippen LogP contribution is -2.26. The SMILES string of the molecule is CCOC(=O)C(C)Oc1ccc2c(=O)c(Oc3cccc(OC)c3)coc2c1. The van der Waals surface area contributed by atoms with Crippen LogP contribution in [0, 0.1) is 0 Å². The second-order valence-corrected chi connectivity index (χ2v) is 5.88. The molecule has 3 aromatic rings. The van der Waals surface area contributed by atoms with Crippen molar-refractivity contribution in [2.24, 2.45) is 0 Å². The molecule has 1 atom stereocenters. The van der Waals surface area contributed by atoms with Crippen molar-refractivity contribution in [2.75, 3.05) is 13.7 Å². The number of hydrogen-bond acceptors (Lipinski definition) is 7. The Bertz CT molecular complexity index is 1040. The topological polar surface area (TPSA) is 84.2 Å². The van der Waals surface area contributed by atoms with Crippen LogP contribution in [0.25, 0.3) is 11.0 Å². The molecule has 146 valence electrons. The molecule has 2 aromatic carbocycles. The summed E-state index contributed by atoms with van der Waals surface area (Å²) in [5.74, 6) is 1.03. The molecule has 1 aromatic heterocycles. The van der Waals surface area contributed by atoms with Crippen LogP contribution in [-0.4, -0.2) is 25.8 Å². The third kappa shape index (κ3) is 4.25. The van der Waals surface area contributed by atoms with Gasteiger partial charge in [-0.25, -0.2) is 4.79 Å². The molecule has 0 saturated heterocycles. The Morgan fingerprint density at radius 2 is 1.89 bits per heavy atom. The van der Waals surface area contributed by atoms with Crippen LogP contribution < -0.4 is 19.6 Å². The minimum atomic E-state index is -0.778. The monoisotopic (exact) mass is 384 g/mol. The molecule has 0 aliphatic rings. The standard InChI is InChI=1S/C21H20O7/c1-4-25-21(23)13(2)27-16-8-9-17-18(11-16)26-12-19(20(17)22)28-15-7-5-6-14(10-15)24-3/h5-13H,4H2,1-3H3. The van der Waals surface area contributed by atoms with Gasteiger partial charge in [0, 0.05) is 12.1 Å². The third-order valence-corrected chi connectivity index (χ3v) is 3.91. The van der Waals surface area contributed by atoms with Gasteiger partial charge >= 0.3 is 5.97 Å². The van der Waals surface area contributed by atoms with E-state index in [1.807, 2.05) is 0 Å². The number of ether oxygens (including phenoxy) is 4. The molecule has 0 aliphatic heterocycles. The smallest absolute Gasteiger partial charge is 0.347 e. The summed E-state index contributed by atoms with van der Waals surface area (Å²) in [6.07, 6.45) is 0.461. The highest BCUT2D eigenvalue weighted by Gasteiger charge is 2.17. The number of hydrogen-bond donors (Lipinski definition) is 0. The summed E-state index contributed by atoms with van der Waals surface area (Å²) in [5.41, 5.74) is -0.00869. The van der Waals surface area contributed by atoms with Crippen LogP contribution in [0.3, 0.4) is 0 Å². The highest BCUT2D eigenvalue weighted by Crippen LogP contribution is 2.26. The van der Waals surface area contributed by atoms with E-state index in [0.717, 1.165) is 0 Å². The second kappa shape index (κ2) is 8.47. The van der Waals surface area contributed by atoms with Gasteiger partial charge in [-0.2, -0.15) is 0 Å². The van der Waals surface area contributed by atoms with Crippen molar-refractivity contribution in [2.45, 2.75) is 20.0 Å². The summed E-state index contributed by atoms with van der Waals surface area (Å²) in [6, 6.07) is 11.6. The van der Waals surface area contributed by atoms with E-state index in [0.29, 0.717) is 28.2 Å². The van der Waals surface area contributed by atoms with Crippen LogP contribution >= 0.6 is 0 Å². The van der Waals surface area contributed by atoms with Gasteiger partial charge in [-0.3, -0.25) is 4.79 Å². The first-order valence-corrected chi connectivity index (χ1v) is 8.72. The van der Waals surface area contributed by atoms with Gasteiger partial charge in [-0.1, -0.05) is 6.07 Å². The van der Waals surface area contributed by atoms with E-state index >= 15 is 0 Å². The molecule has 0 aliphatic carbocycles. The molecule has 0 bridgehead atoms. The molecular formula is C21H20O7. The van der Waals surface area contributed by atoms with E-state index in [4.69, 9.17) is 23.4 Å². The summed E-state index contributed by atoms with van der Waals surface area (Å²) >= 11 is 0. The van der Waals surface area contributed by atoms with Gasteiger partial charge < -0.3 is 23.4 Å².